The number of carbonyl (C=O) groups is 3. The second-order valence-corrected chi connectivity index (χ2v) is 7.11. The summed E-state index contributed by atoms with van der Waals surface area (Å²) in [5, 5.41) is 10.3. The fourth-order valence-electron chi connectivity index (χ4n) is 3.12. The van der Waals surface area contributed by atoms with Crippen LogP contribution in [0.25, 0.3) is 6.08 Å². The van der Waals surface area contributed by atoms with Crippen molar-refractivity contribution in [1.29, 1.82) is 0 Å². The van der Waals surface area contributed by atoms with E-state index in [-0.39, 0.29) is 25.5 Å². The largest absolute Gasteiger partial charge is 0.446 e. The van der Waals surface area contributed by atoms with Gasteiger partial charge in [0.05, 0.1) is 18.4 Å². The maximum atomic E-state index is 12.8. The van der Waals surface area contributed by atoms with Crippen LogP contribution in [0.2, 0.25) is 0 Å². The van der Waals surface area contributed by atoms with E-state index in [0.717, 1.165) is 10.6 Å². The van der Waals surface area contributed by atoms with Crippen molar-refractivity contribution in [3.8, 4) is 0 Å². The molecular weight excluding hydrogens is 362 g/mol. The molecule has 1 aliphatic rings. The van der Waals surface area contributed by atoms with Crippen LogP contribution in [0.1, 0.15) is 32.3 Å². The summed E-state index contributed by atoms with van der Waals surface area (Å²) < 4.78 is 4.81. The lowest BCUT2D eigenvalue weighted by Gasteiger charge is -2.27. The van der Waals surface area contributed by atoms with Crippen LogP contribution in [-0.2, 0) is 14.3 Å². The number of hydrogen-bond acceptors (Lipinski definition) is 5. The smallest absolute Gasteiger partial charge is 0.428 e. The fourth-order valence-corrected chi connectivity index (χ4v) is 3.12. The van der Waals surface area contributed by atoms with Gasteiger partial charge in [0.2, 0.25) is 11.8 Å². The highest BCUT2D eigenvalue weighted by Gasteiger charge is 2.35. The van der Waals surface area contributed by atoms with E-state index in [1.807, 2.05) is 50.3 Å². The van der Waals surface area contributed by atoms with E-state index in [4.69, 9.17) is 4.74 Å². The summed E-state index contributed by atoms with van der Waals surface area (Å²) in [6.07, 6.45) is 3.73. The Hall–Kier alpha value is -2.87. The quantitative estimate of drug-likeness (QED) is 0.444. The molecule has 1 saturated heterocycles. The van der Waals surface area contributed by atoms with Crippen LogP contribution >= 0.6 is 0 Å². The summed E-state index contributed by atoms with van der Waals surface area (Å²) in [4.78, 5) is 36.7. The Morgan fingerprint density at radius 3 is 2.50 bits per heavy atom. The average molecular weight is 389 g/mol. The molecule has 3 N–H and O–H groups in total. The molecular formula is C20H27N3O5. The maximum absolute atomic E-state index is 12.8. The summed E-state index contributed by atoms with van der Waals surface area (Å²) in [6.45, 7) is 4.34. The number of benzene rings is 1. The number of allylic oxidation sites excluding steroid dienone is 1. The molecule has 1 aliphatic heterocycles. The van der Waals surface area contributed by atoms with E-state index in [0.29, 0.717) is 6.42 Å². The van der Waals surface area contributed by atoms with E-state index in [1.165, 1.54) is 0 Å². The first kappa shape index (κ1) is 21.4. The number of cyclic esters (lactones) is 1. The van der Waals surface area contributed by atoms with Gasteiger partial charge in [-0.3, -0.25) is 20.2 Å². The Balaban J connectivity index is 2.15. The van der Waals surface area contributed by atoms with Gasteiger partial charge in [-0.25, -0.2) is 15.3 Å². The molecule has 0 aliphatic carbocycles. The van der Waals surface area contributed by atoms with Crippen molar-refractivity contribution < 1.29 is 24.3 Å². The Morgan fingerprint density at radius 1 is 1.21 bits per heavy atom. The predicted molar refractivity (Wildman–Crippen MR) is 103 cm³/mol. The lowest BCUT2D eigenvalue weighted by molar-refractivity contribution is -0.142. The highest BCUT2D eigenvalue weighted by molar-refractivity contribution is 5.88. The van der Waals surface area contributed by atoms with Crippen LogP contribution in [0, 0.1) is 17.8 Å². The molecule has 0 saturated carbocycles. The van der Waals surface area contributed by atoms with Crippen molar-refractivity contribution in [2.45, 2.75) is 26.7 Å². The minimum atomic E-state index is -0.786. The molecule has 1 fully saturated rings. The molecule has 1 aromatic rings. The lowest BCUT2D eigenvalue weighted by Crippen LogP contribution is -2.49. The van der Waals surface area contributed by atoms with Gasteiger partial charge in [0.1, 0.15) is 6.61 Å². The molecule has 0 unspecified atom stereocenters. The van der Waals surface area contributed by atoms with E-state index in [9.17, 15) is 19.6 Å². The molecule has 0 aromatic heterocycles. The number of ether oxygens (including phenoxy) is 1. The van der Waals surface area contributed by atoms with Gasteiger partial charge in [0.25, 0.3) is 0 Å². The average Bonchev–Trinajstić information content (AvgIpc) is 3.08. The topological polar surface area (TPSA) is 108 Å². The minimum Gasteiger partial charge on any atom is -0.446 e. The molecule has 3 amide bonds. The molecule has 28 heavy (non-hydrogen) atoms. The minimum absolute atomic E-state index is 0.133. The van der Waals surface area contributed by atoms with Crippen LogP contribution in [0.3, 0.4) is 0 Å². The number of carbonyl (C=O) groups excluding carboxylic acids is 3. The monoisotopic (exact) mass is 389 g/mol. The zero-order valence-electron chi connectivity index (χ0n) is 16.1. The number of nitrogens with zero attached hydrogens (tertiary/aromatic N) is 1. The van der Waals surface area contributed by atoms with Crippen LogP contribution < -0.4 is 10.9 Å². The molecule has 0 spiro atoms. The predicted octanol–water partition coefficient (Wildman–Crippen LogP) is 2.36. The first-order valence-electron chi connectivity index (χ1n) is 9.32. The molecule has 8 nitrogen and oxygen atoms in total. The van der Waals surface area contributed by atoms with Crippen molar-refractivity contribution >= 4 is 24.0 Å². The number of nitrogens with one attached hydrogen (secondary N) is 2. The Morgan fingerprint density at radius 2 is 1.93 bits per heavy atom. The molecule has 2 rings (SSSR count). The number of hydroxylamine groups is 1. The van der Waals surface area contributed by atoms with Crippen molar-refractivity contribution in [2.24, 2.45) is 17.8 Å². The van der Waals surface area contributed by atoms with Gasteiger partial charge < -0.3 is 4.74 Å². The fraction of sp³-hybridized carbons (Fsp3) is 0.450. The molecule has 1 heterocycles. The Bertz CT molecular complexity index is 705. The normalized spacial score (nSPS) is 16.1. The highest BCUT2D eigenvalue weighted by atomic mass is 16.6. The van der Waals surface area contributed by atoms with Crippen LogP contribution in [0.4, 0.5) is 4.79 Å². The third-order valence-corrected chi connectivity index (χ3v) is 4.50. The molecule has 0 radical (unpaired) electrons. The lowest BCUT2D eigenvalue weighted by atomic mass is 9.82. The summed E-state index contributed by atoms with van der Waals surface area (Å²) in [5.74, 6) is -2.46. The third-order valence-electron chi connectivity index (χ3n) is 4.50. The molecule has 0 bridgehead atoms. The zero-order valence-corrected chi connectivity index (χ0v) is 16.1. The summed E-state index contributed by atoms with van der Waals surface area (Å²) in [6, 6.07) is 9.57. The summed E-state index contributed by atoms with van der Waals surface area (Å²) in [7, 11) is 0. The van der Waals surface area contributed by atoms with Crippen molar-refractivity contribution in [3.05, 3.63) is 42.0 Å². The summed E-state index contributed by atoms with van der Waals surface area (Å²) >= 11 is 0. The number of rotatable bonds is 9. The van der Waals surface area contributed by atoms with Crippen molar-refractivity contribution in [3.63, 3.8) is 0 Å². The van der Waals surface area contributed by atoms with Gasteiger partial charge in [-0.2, -0.15) is 0 Å². The van der Waals surface area contributed by atoms with E-state index in [2.05, 4.69) is 5.43 Å². The van der Waals surface area contributed by atoms with Gasteiger partial charge in [0.15, 0.2) is 0 Å². The van der Waals surface area contributed by atoms with E-state index in [1.54, 1.807) is 11.6 Å². The van der Waals surface area contributed by atoms with E-state index < -0.39 is 29.7 Å². The molecule has 1 aromatic carbocycles. The van der Waals surface area contributed by atoms with Gasteiger partial charge >= 0.3 is 6.09 Å². The standard InChI is InChI=1S/C20H27N3O5/c1-14(2)13-17(18(24)21-23-11-12-28-20(23)26)16(19(25)22-27)10-6-9-15-7-4-3-5-8-15/h3-9,14,16-17,27H,10-13H2,1-2H3,(H,21,24)(H,22,25)/t16-,17+/m0/s1. The number of hydrogen-bond donors (Lipinski definition) is 3. The second kappa shape index (κ2) is 10.5. The number of amides is 3. The molecule has 152 valence electrons. The Kier molecular flexibility index (Phi) is 8.01. The first-order valence-corrected chi connectivity index (χ1v) is 9.32. The maximum Gasteiger partial charge on any atom is 0.428 e. The Labute approximate surface area is 164 Å². The van der Waals surface area contributed by atoms with Crippen LogP contribution in [0.5, 0.6) is 0 Å². The SMILES string of the molecule is CC(C)C[C@@H](C(=O)NN1CCOC1=O)[C@H](CC=Cc1ccccc1)C(=O)NO. The number of hydrazine groups is 1. The molecule has 8 heteroatoms. The van der Waals surface area contributed by atoms with Gasteiger partial charge in [-0.05, 0) is 24.3 Å². The van der Waals surface area contributed by atoms with Crippen LogP contribution in [0.15, 0.2) is 36.4 Å². The molecule has 2 atom stereocenters. The zero-order chi connectivity index (χ0) is 20.5. The second-order valence-electron chi connectivity index (χ2n) is 7.11. The van der Waals surface area contributed by atoms with Crippen molar-refractivity contribution in [1.82, 2.24) is 15.9 Å². The summed E-state index contributed by atoms with van der Waals surface area (Å²) in [5.41, 5.74) is 5.17. The first-order chi connectivity index (χ1) is 13.4. The van der Waals surface area contributed by atoms with Crippen LogP contribution in [-0.4, -0.2) is 41.3 Å². The van der Waals surface area contributed by atoms with Gasteiger partial charge in [-0.1, -0.05) is 56.3 Å². The van der Waals surface area contributed by atoms with Gasteiger partial charge in [0, 0.05) is 0 Å². The third kappa shape index (κ3) is 6.09. The van der Waals surface area contributed by atoms with E-state index >= 15 is 0 Å². The van der Waals surface area contributed by atoms with Gasteiger partial charge in [-0.15, -0.1) is 0 Å². The van der Waals surface area contributed by atoms with Crippen molar-refractivity contribution in [2.75, 3.05) is 13.2 Å². The highest BCUT2D eigenvalue weighted by Crippen LogP contribution is 2.25.